The molecule has 0 spiro atoms. The molecule has 57 heavy (non-hydrogen) atoms. The number of aliphatic hydroxyl groups excluding tert-OH is 2. The molecule has 7 rings (SSSR count). The maximum Gasteiger partial charge on any atom is 0.252 e. The molecule has 4 amide bonds. The Bertz CT molecular complexity index is 1990. The second-order valence-electron chi connectivity index (χ2n) is 14.5. The number of aliphatic hydroxyl groups is 2. The third-order valence-corrected chi connectivity index (χ3v) is 10.4. The number of rotatable bonds is 14. The van der Waals surface area contributed by atoms with Crippen molar-refractivity contribution >= 4 is 35.0 Å². The topological polar surface area (TPSA) is 191 Å². The van der Waals surface area contributed by atoms with Crippen molar-refractivity contribution in [2.45, 2.75) is 75.7 Å². The van der Waals surface area contributed by atoms with Crippen molar-refractivity contribution < 1.29 is 33.8 Å². The monoisotopic (exact) mass is 771 g/mol. The number of hydrogen-bond acceptors (Lipinski definition) is 10. The number of nitrogens with one attached hydrogen (secondary N) is 2. The molecule has 0 bridgehead atoms. The van der Waals surface area contributed by atoms with Gasteiger partial charge in [-0.1, -0.05) is 12.1 Å². The van der Waals surface area contributed by atoms with E-state index in [1.807, 2.05) is 24.3 Å². The van der Waals surface area contributed by atoms with Crippen molar-refractivity contribution in [3.05, 3.63) is 115 Å². The molecule has 4 atom stereocenters. The molecule has 0 radical (unpaired) electrons. The van der Waals surface area contributed by atoms with Gasteiger partial charge >= 0.3 is 0 Å². The number of nitrogens with zero attached hydrogens (tertiary/aromatic N) is 5. The van der Waals surface area contributed by atoms with Crippen LogP contribution >= 0.6 is 0 Å². The Labute approximate surface area is 330 Å². The minimum Gasteiger partial charge on any atom is -0.436 e. The first-order valence-corrected chi connectivity index (χ1v) is 19.2. The van der Waals surface area contributed by atoms with Crippen molar-refractivity contribution in [1.29, 1.82) is 0 Å². The summed E-state index contributed by atoms with van der Waals surface area (Å²) in [5.41, 5.74) is 4.19. The third kappa shape index (κ3) is 9.95. The van der Waals surface area contributed by atoms with Crippen LogP contribution in [0, 0.1) is 0 Å². The van der Waals surface area contributed by atoms with Gasteiger partial charge in [0.1, 0.15) is 12.2 Å². The second-order valence-corrected chi connectivity index (χ2v) is 14.5. The first-order valence-electron chi connectivity index (χ1n) is 19.2. The average Bonchev–Trinajstić information content (AvgIpc) is 4.01. The van der Waals surface area contributed by atoms with E-state index in [1.165, 1.54) is 0 Å². The summed E-state index contributed by atoms with van der Waals surface area (Å²) in [5.74, 6) is -0.271. The summed E-state index contributed by atoms with van der Waals surface area (Å²) < 4.78 is 6.05. The molecule has 0 aliphatic carbocycles. The Morgan fingerprint density at radius 2 is 1.14 bits per heavy atom. The predicted molar refractivity (Wildman–Crippen MR) is 211 cm³/mol. The Morgan fingerprint density at radius 1 is 0.667 bits per heavy atom. The number of anilines is 2. The number of pyridine rings is 2. The van der Waals surface area contributed by atoms with Gasteiger partial charge in [0.25, 0.3) is 11.8 Å². The largest absolute Gasteiger partial charge is 0.436 e. The van der Waals surface area contributed by atoms with E-state index in [9.17, 15) is 29.4 Å². The number of aromatic nitrogens is 3. The van der Waals surface area contributed by atoms with E-state index in [1.54, 1.807) is 89.3 Å². The van der Waals surface area contributed by atoms with Gasteiger partial charge in [-0.2, -0.15) is 0 Å². The minimum atomic E-state index is -1.20. The summed E-state index contributed by atoms with van der Waals surface area (Å²) >= 11 is 0. The zero-order valence-corrected chi connectivity index (χ0v) is 31.4. The van der Waals surface area contributed by atoms with Crippen molar-refractivity contribution in [3.63, 3.8) is 0 Å². The van der Waals surface area contributed by atoms with E-state index in [0.29, 0.717) is 54.5 Å². The number of oxazole rings is 1. The molecule has 3 aromatic heterocycles. The molecular weight excluding hydrogens is 727 g/mol. The van der Waals surface area contributed by atoms with E-state index in [0.717, 1.165) is 29.5 Å². The molecule has 2 aliphatic rings. The average molecular weight is 772 g/mol. The Hall–Kier alpha value is -6.25. The van der Waals surface area contributed by atoms with Crippen LogP contribution in [0.3, 0.4) is 0 Å². The Kier molecular flexibility index (Phi) is 12.4. The van der Waals surface area contributed by atoms with E-state index in [2.05, 4.69) is 25.6 Å². The van der Waals surface area contributed by atoms with Crippen molar-refractivity contribution in [2.24, 2.45) is 0 Å². The van der Waals surface area contributed by atoms with Gasteiger partial charge < -0.3 is 35.1 Å². The lowest BCUT2D eigenvalue weighted by Gasteiger charge is -2.26. The Morgan fingerprint density at radius 3 is 1.60 bits per heavy atom. The van der Waals surface area contributed by atoms with Crippen LogP contribution in [0.15, 0.2) is 108 Å². The summed E-state index contributed by atoms with van der Waals surface area (Å²) in [5, 5.41) is 27.0. The van der Waals surface area contributed by atoms with Crippen molar-refractivity contribution in [1.82, 2.24) is 24.8 Å². The van der Waals surface area contributed by atoms with Crippen molar-refractivity contribution in [3.8, 4) is 22.8 Å². The molecular formula is C43H45N7O7. The molecule has 5 heterocycles. The van der Waals surface area contributed by atoms with Gasteiger partial charge in [0.05, 0.1) is 6.20 Å². The summed E-state index contributed by atoms with van der Waals surface area (Å²) in [6.07, 6.45) is 9.25. The van der Waals surface area contributed by atoms with Gasteiger partial charge in [-0.3, -0.25) is 29.1 Å². The maximum atomic E-state index is 13.0. The lowest BCUT2D eigenvalue weighted by atomic mass is 10.1. The van der Waals surface area contributed by atoms with E-state index in [-0.39, 0.29) is 61.4 Å². The van der Waals surface area contributed by atoms with Crippen LogP contribution in [-0.2, 0) is 32.0 Å². The van der Waals surface area contributed by atoms with Crippen LogP contribution in [0.25, 0.3) is 22.8 Å². The standard InChI is InChI=1S/C43H45N7O7/c51-36(21-28-5-1-17-44-25-28)42(55)49-19-3-7-34(49)23-39(53)47-32-13-9-30(10-14-32)38-27-46-41(57-38)31-11-15-33(16-12-31)48-40(54)24-35-8-4-20-50(35)43(56)37(52)22-29-6-2-18-45-26-29/h1-2,5-6,9-18,25-27,34-37,51-52H,3-4,7-8,19-24H2,(H,47,53)(H,48,54)/t34-,35-,36?,37?/m0/s1. The summed E-state index contributed by atoms with van der Waals surface area (Å²) in [6.45, 7) is 1.00. The number of amides is 4. The first-order chi connectivity index (χ1) is 27.7. The zero-order chi connectivity index (χ0) is 39.7. The lowest BCUT2D eigenvalue weighted by molar-refractivity contribution is -0.142. The molecule has 0 saturated carbocycles. The van der Waals surface area contributed by atoms with Crippen LogP contribution in [0.2, 0.25) is 0 Å². The van der Waals surface area contributed by atoms with Crippen LogP contribution in [0.1, 0.15) is 49.7 Å². The molecule has 2 aliphatic heterocycles. The van der Waals surface area contributed by atoms with Crippen LogP contribution in [-0.4, -0.2) is 96.0 Å². The summed E-state index contributed by atoms with van der Waals surface area (Å²) in [4.78, 5) is 67.8. The summed E-state index contributed by atoms with van der Waals surface area (Å²) in [7, 11) is 0. The normalized spacial score (nSPS) is 17.6. The van der Waals surface area contributed by atoms with Crippen LogP contribution < -0.4 is 10.6 Å². The fourth-order valence-electron chi connectivity index (χ4n) is 7.52. The highest BCUT2D eigenvalue weighted by Gasteiger charge is 2.35. The summed E-state index contributed by atoms with van der Waals surface area (Å²) in [6, 6.07) is 20.9. The van der Waals surface area contributed by atoms with E-state index < -0.39 is 12.2 Å². The highest BCUT2D eigenvalue weighted by Crippen LogP contribution is 2.29. The van der Waals surface area contributed by atoms with Crippen LogP contribution in [0.4, 0.5) is 11.4 Å². The maximum absolute atomic E-state index is 13.0. The van der Waals surface area contributed by atoms with E-state index in [4.69, 9.17) is 4.42 Å². The molecule has 2 saturated heterocycles. The lowest BCUT2D eigenvalue weighted by Crippen LogP contribution is -2.44. The van der Waals surface area contributed by atoms with E-state index >= 15 is 0 Å². The number of hydrogen-bond donors (Lipinski definition) is 4. The zero-order valence-electron chi connectivity index (χ0n) is 31.4. The van der Waals surface area contributed by atoms with Crippen LogP contribution in [0.5, 0.6) is 0 Å². The quantitative estimate of drug-likeness (QED) is 0.124. The molecule has 4 N–H and O–H groups in total. The fourth-order valence-corrected chi connectivity index (χ4v) is 7.52. The Balaban J connectivity index is 0.877. The minimum absolute atomic E-state index is 0.123. The molecule has 14 heteroatoms. The number of carbonyl (C=O) groups is 4. The van der Waals surface area contributed by atoms with Gasteiger partial charge in [0.2, 0.25) is 17.7 Å². The van der Waals surface area contributed by atoms with Gasteiger partial charge in [0.15, 0.2) is 5.76 Å². The smallest absolute Gasteiger partial charge is 0.252 e. The molecule has 5 aromatic rings. The third-order valence-electron chi connectivity index (χ3n) is 10.4. The molecule has 294 valence electrons. The number of carbonyl (C=O) groups excluding carboxylic acids is 4. The van der Waals surface area contributed by atoms with Crippen molar-refractivity contribution in [2.75, 3.05) is 23.7 Å². The molecule has 2 aromatic carbocycles. The fraction of sp³-hybridized carbons (Fsp3) is 0.326. The highest BCUT2D eigenvalue weighted by atomic mass is 16.4. The molecule has 14 nitrogen and oxygen atoms in total. The predicted octanol–water partition coefficient (Wildman–Crippen LogP) is 4.65. The molecule has 2 unspecified atom stereocenters. The SMILES string of the molecule is O=C(C[C@@H]1CCCN1C(=O)C(O)Cc1cccnc1)Nc1ccc(-c2cnc(-c3ccc(NC(=O)C[C@@H]4CCCN4C(=O)C(O)Cc4cccnc4)cc3)o2)cc1. The highest BCUT2D eigenvalue weighted by molar-refractivity contribution is 5.93. The van der Waals surface area contributed by atoms with Gasteiger partial charge in [-0.25, -0.2) is 4.98 Å². The second kappa shape index (κ2) is 18.1. The van der Waals surface area contributed by atoms with Gasteiger partial charge in [-0.15, -0.1) is 0 Å². The van der Waals surface area contributed by atoms with Gasteiger partial charge in [0, 0.05) is 98.1 Å². The van der Waals surface area contributed by atoms with Gasteiger partial charge in [-0.05, 0) is 97.5 Å². The number of benzene rings is 2. The number of likely N-dealkylation sites (tertiary alicyclic amines) is 2. The molecule has 2 fully saturated rings. The first kappa shape index (κ1) is 39.0.